The van der Waals surface area contributed by atoms with Crippen LogP contribution >= 0.6 is 0 Å². The number of alkyl halides is 3. The smallest absolute Gasteiger partial charge is 0.421 e. The molecule has 2 unspecified atom stereocenters. The average Bonchev–Trinajstić information content (AvgIpc) is 3.18. The second kappa shape index (κ2) is 7.37. The van der Waals surface area contributed by atoms with E-state index < -0.39 is 17.7 Å². The van der Waals surface area contributed by atoms with Crippen LogP contribution in [0.2, 0.25) is 0 Å². The van der Waals surface area contributed by atoms with Crippen molar-refractivity contribution in [2.24, 2.45) is 0 Å². The van der Waals surface area contributed by atoms with Gasteiger partial charge in [-0.15, -0.1) is 0 Å². The van der Waals surface area contributed by atoms with Crippen LogP contribution in [0.4, 0.5) is 30.6 Å². The first-order chi connectivity index (χ1) is 14.8. The van der Waals surface area contributed by atoms with Crippen LogP contribution in [0.15, 0.2) is 24.4 Å². The normalized spacial score (nSPS) is 22.8. The summed E-state index contributed by atoms with van der Waals surface area (Å²) in [6, 6.07) is 5.85. The van der Waals surface area contributed by atoms with Crippen LogP contribution in [-0.2, 0) is 11.0 Å². The molecule has 3 heterocycles. The number of carboxylic acids is 1. The molecule has 3 aliphatic rings. The lowest BCUT2D eigenvalue weighted by Gasteiger charge is -2.28. The zero-order chi connectivity index (χ0) is 21.8. The van der Waals surface area contributed by atoms with Crippen LogP contribution < -0.4 is 10.6 Å². The fraction of sp³-hybridized carbons (Fsp3) is 0.476. The van der Waals surface area contributed by atoms with Crippen molar-refractivity contribution in [3.63, 3.8) is 0 Å². The van der Waals surface area contributed by atoms with Crippen molar-refractivity contribution in [3.8, 4) is 0 Å². The summed E-state index contributed by atoms with van der Waals surface area (Å²) in [5, 5.41) is 15.1. The van der Waals surface area contributed by atoms with Crippen molar-refractivity contribution in [3.05, 3.63) is 41.1 Å². The highest BCUT2D eigenvalue weighted by atomic mass is 19.4. The molecule has 2 aliphatic heterocycles. The Bertz CT molecular complexity index is 1020. The molecule has 2 fully saturated rings. The Kier molecular flexibility index (Phi) is 4.76. The largest absolute Gasteiger partial charge is 0.480 e. The van der Waals surface area contributed by atoms with Gasteiger partial charge in [-0.05, 0) is 55.4 Å². The molecule has 5 rings (SSSR count). The molecule has 1 aliphatic carbocycles. The van der Waals surface area contributed by atoms with Gasteiger partial charge in [0.05, 0.1) is 6.54 Å². The van der Waals surface area contributed by atoms with E-state index >= 15 is 0 Å². The van der Waals surface area contributed by atoms with Crippen LogP contribution in [0.5, 0.6) is 0 Å². The number of aromatic nitrogens is 2. The minimum Gasteiger partial charge on any atom is -0.480 e. The third-order valence-corrected chi connectivity index (χ3v) is 6.43. The van der Waals surface area contributed by atoms with E-state index in [1.54, 1.807) is 0 Å². The number of nitrogens with one attached hydrogen (secondary N) is 2. The number of halogens is 3. The van der Waals surface area contributed by atoms with Gasteiger partial charge in [-0.3, -0.25) is 9.69 Å². The zero-order valence-corrected chi connectivity index (χ0v) is 16.6. The fourth-order valence-electron chi connectivity index (χ4n) is 4.79. The highest BCUT2D eigenvalue weighted by Gasteiger charge is 2.44. The molecule has 7 nitrogen and oxygen atoms in total. The lowest BCUT2D eigenvalue weighted by molar-refractivity contribution is -0.139. The number of hydrogen-bond acceptors (Lipinski definition) is 6. The van der Waals surface area contributed by atoms with Crippen molar-refractivity contribution in [1.82, 2.24) is 14.9 Å². The van der Waals surface area contributed by atoms with Crippen LogP contribution in [0, 0.1) is 0 Å². The molecule has 164 valence electrons. The first kappa shape index (κ1) is 20.0. The Morgan fingerprint density at radius 2 is 1.90 bits per heavy atom. The van der Waals surface area contributed by atoms with E-state index in [0.29, 0.717) is 5.69 Å². The van der Waals surface area contributed by atoms with E-state index in [2.05, 4.69) is 20.6 Å². The van der Waals surface area contributed by atoms with Crippen molar-refractivity contribution in [2.45, 2.75) is 56.4 Å². The summed E-state index contributed by atoms with van der Waals surface area (Å²) in [6.07, 6.45) is 0.724. The number of benzene rings is 1. The van der Waals surface area contributed by atoms with Gasteiger partial charge in [-0.25, -0.2) is 4.98 Å². The summed E-state index contributed by atoms with van der Waals surface area (Å²) >= 11 is 0. The van der Waals surface area contributed by atoms with Crippen molar-refractivity contribution >= 4 is 23.4 Å². The Morgan fingerprint density at radius 1 is 1.16 bits per heavy atom. The summed E-state index contributed by atoms with van der Waals surface area (Å²) < 4.78 is 40.1. The Labute approximate surface area is 176 Å². The van der Waals surface area contributed by atoms with Gasteiger partial charge in [0.1, 0.15) is 11.4 Å². The van der Waals surface area contributed by atoms with Gasteiger partial charge in [0.25, 0.3) is 0 Å². The van der Waals surface area contributed by atoms with Crippen molar-refractivity contribution in [1.29, 1.82) is 0 Å². The number of hydrogen-bond donors (Lipinski definition) is 3. The van der Waals surface area contributed by atoms with Crippen LogP contribution in [0.3, 0.4) is 0 Å². The van der Waals surface area contributed by atoms with Gasteiger partial charge in [0.2, 0.25) is 5.95 Å². The number of nitrogens with zero attached hydrogens (tertiary/aromatic N) is 3. The molecule has 1 aromatic carbocycles. The van der Waals surface area contributed by atoms with E-state index in [1.807, 2.05) is 23.1 Å². The third kappa shape index (κ3) is 3.69. The maximum atomic E-state index is 13.4. The first-order valence-electron chi connectivity index (χ1n) is 10.4. The Morgan fingerprint density at radius 3 is 2.55 bits per heavy atom. The standard InChI is InChI=1S/C21H22F3N5O2/c22-21(23,24)15-9-25-20(28-19(15)26-11-2-1-3-11)27-12-4-5-13-14(8-12)17-7-6-16(13)29(17)10-18(30)31/h4-5,8-9,11,16-17H,1-3,6-7,10H2,(H,30,31)(H2,25,26,27,28). The number of carboxylic acid groups (broad SMARTS) is 1. The van der Waals surface area contributed by atoms with E-state index in [1.165, 1.54) is 0 Å². The summed E-state index contributed by atoms with van der Waals surface area (Å²) in [6.45, 7) is -0.00894. The molecule has 0 amide bonds. The second-order valence-corrected chi connectivity index (χ2v) is 8.37. The molecule has 2 aromatic rings. The number of fused-ring (bicyclic) bond motifs is 5. The Balaban J connectivity index is 1.39. The van der Waals surface area contributed by atoms with Crippen LogP contribution in [0.1, 0.15) is 60.9 Å². The first-order valence-corrected chi connectivity index (χ1v) is 10.4. The van der Waals surface area contributed by atoms with E-state index in [9.17, 15) is 23.1 Å². The number of rotatable bonds is 6. The van der Waals surface area contributed by atoms with Gasteiger partial charge < -0.3 is 15.7 Å². The van der Waals surface area contributed by atoms with E-state index in [4.69, 9.17) is 0 Å². The second-order valence-electron chi connectivity index (χ2n) is 8.37. The monoisotopic (exact) mass is 433 g/mol. The third-order valence-electron chi connectivity index (χ3n) is 6.43. The molecule has 2 bridgehead atoms. The van der Waals surface area contributed by atoms with E-state index in [-0.39, 0.29) is 36.4 Å². The van der Waals surface area contributed by atoms with Gasteiger partial charge >= 0.3 is 12.1 Å². The molecular formula is C21H22F3N5O2. The number of anilines is 3. The molecule has 0 radical (unpaired) electrons. The molecule has 2 atom stereocenters. The van der Waals surface area contributed by atoms with Crippen molar-refractivity contribution < 1.29 is 23.1 Å². The molecule has 1 saturated carbocycles. The average molecular weight is 433 g/mol. The van der Waals surface area contributed by atoms with Gasteiger partial charge in [0, 0.05) is 30.0 Å². The van der Waals surface area contributed by atoms with Crippen molar-refractivity contribution in [2.75, 3.05) is 17.2 Å². The predicted molar refractivity (Wildman–Crippen MR) is 107 cm³/mol. The fourth-order valence-corrected chi connectivity index (χ4v) is 4.79. The number of carbonyl (C=O) groups is 1. The molecule has 10 heteroatoms. The minimum atomic E-state index is -4.54. The maximum Gasteiger partial charge on any atom is 0.421 e. The lowest BCUT2D eigenvalue weighted by atomic mass is 9.91. The summed E-state index contributed by atoms with van der Waals surface area (Å²) in [4.78, 5) is 21.2. The molecule has 1 saturated heterocycles. The lowest BCUT2D eigenvalue weighted by Crippen LogP contribution is -2.29. The highest BCUT2D eigenvalue weighted by Crippen LogP contribution is 2.53. The zero-order valence-electron chi connectivity index (χ0n) is 16.6. The molecule has 3 N–H and O–H groups in total. The quantitative estimate of drug-likeness (QED) is 0.619. The van der Waals surface area contributed by atoms with Gasteiger partial charge in [0.15, 0.2) is 0 Å². The summed E-state index contributed by atoms with van der Waals surface area (Å²) in [5.74, 6) is -0.976. The molecule has 1 aromatic heterocycles. The topological polar surface area (TPSA) is 90.4 Å². The molecular weight excluding hydrogens is 411 g/mol. The Hall–Kier alpha value is -2.88. The maximum absolute atomic E-state index is 13.4. The van der Waals surface area contributed by atoms with E-state index in [0.717, 1.165) is 49.4 Å². The molecule has 31 heavy (non-hydrogen) atoms. The predicted octanol–water partition coefficient (Wildman–Crippen LogP) is 4.48. The van der Waals surface area contributed by atoms with Gasteiger partial charge in [-0.1, -0.05) is 6.07 Å². The van der Waals surface area contributed by atoms with Crippen LogP contribution in [0.25, 0.3) is 0 Å². The van der Waals surface area contributed by atoms with Gasteiger partial charge in [-0.2, -0.15) is 18.2 Å². The number of aliphatic carboxylic acids is 1. The summed E-state index contributed by atoms with van der Waals surface area (Å²) in [5.41, 5.74) is 1.96. The minimum absolute atomic E-state index is 0.000359. The molecule has 0 spiro atoms. The SMILES string of the molecule is O=C(O)CN1C2CCC1c1cc(Nc3ncc(C(F)(F)F)c(NC4CCC4)n3)ccc12. The van der Waals surface area contributed by atoms with Crippen LogP contribution in [-0.4, -0.2) is 38.5 Å². The highest BCUT2D eigenvalue weighted by molar-refractivity contribution is 5.70. The summed E-state index contributed by atoms with van der Waals surface area (Å²) in [7, 11) is 0.